The molecular formula is C57H72O15. The summed E-state index contributed by atoms with van der Waals surface area (Å²) in [6.45, 7) is 10.7. The summed E-state index contributed by atoms with van der Waals surface area (Å²) in [7, 11) is 0. The Bertz CT molecular complexity index is 2480. The lowest BCUT2D eigenvalue weighted by atomic mass is 9.96. The van der Waals surface area contributed by atoms with Crippen molar-refractivity contribution < 1.29 is 73.6 Å². The number of hydrogen-bond donors (Lipinski definition) is 6. The van der Waals surface area contributed by atoms with Gasteiger partial charge in [-0.15, -0.1) is 0 Å². The van der Waals surface area contributed by atoms with E-state index in [1.54, 1.807) is 64.1 Å². The van der Waals surface area contributed by atoms with Crippen LogP contribution in [0.15, 0.2) is 72.9 Å². The van der Waals surface area contributed by atoms with Crippen LogP contribution in [-0.2, 0) is 47.9 Å². The Labute approximate surface area is 422 Å². The molecule has 3 aromatic rings. The van der Waals surface area contributed by atoms with E-state index in [4.69, 9.17) is 14.2 Å². The molecule has 0 spiro atoms. The summed E-state index contributed by atoms with van der Waals surface area (Å²) in [4.78, 5) is 72.5. The molecule has 15 heteroatoms. The standard InChI is InChI=1S/C19H24O6.C19H24O5.C19H24O4/c1-11-9-13-6-4-8-15(21)18(23)14(20)7-3-5-12(2)25-19(24)17(13)16(22)10-11;1-12-9-14-6-4-8-16(21)11-15(20)7-3-5-13(2)24-19(23)18(14)17(22)10-12;1-13-11-15-8-4-3-5-9-16(20)10-6-7-14(2)23-19(22)18(15)17(21)12-13/h3,7,9-10,12,15,18,21-23H,4-6,8H2,1-2H3;3,7,9-10,13,16,21-22H,4-6,8,11H2,1-2H3;6,10-12,14,21H,3-5,7-9H2,1-2H3/b2*7-3-;10-6-/t12-,15-,18+;13-,16-;14-/m000/s1. The third-order valence-corrected chi connectivity index (χ3v) is 12.3. The highest BCUT2D eigenvalue weighted by atomic mass is 16.6. The summed E-state index contributed by atoms with van der Waals surface area (Å²) in [5.41, 5.74) is 5.32. The van der Waals surface area contributed by atoms with E-state index in [9.17, 15) is 59.4 Å². The molecule has 72 heavy (non-hydrogen) atoms. The number of carbonyl (C=O) groups excluding carboxylic acids is 6. The van der Waals surface area contributed by atoms with Gasteiger partial charge in [-0.3, -0.25) is 14.4 Å². The quantitative estimate of drug-likeness (QED) is 0.0912. The van der Waals surface area contributed by atoms with Gasteiger partial charge in [-0.1, -0.05) is 42.8 Å². The molecule has 0 amide bonds. The Balaban J connectivity index is 0.000000235. The van der Waals surface area contributed by atoms with Crippen molar-refractivity contribution in [3.63, 3.8) is 0 Å². The number of cyclic esters (lactones) is 3. The molecule has 3 heterocycles. The molecule has 3 aliphatic heterocycles. The van der Waals surface area contributed by atoms with Crippen LogP contribution in [-0.4, -0.2) is 103 Å². The summed E-state index contributed by atoms with van der Waals surface area (Å²) in [5, 5.41) is 60.3. The van der Waals surface area contributed by atoms with Gasteiger partial charge in [-0.25, -0.2) is 14.4 Å². The molecule has 390 valence electrons. The van der Waals surface area contributed by atoms with Crippen molar-refractivity contribution in [2.24, 2.45) is 0 Å². The average Bonchev–Trinajstić information content (AvgIpc) is 3.27. The molecule has 0 saturated heterocycles. The fourth-order valence-corrected chi connectivity index (χ4v) is 8.60. The lowest BCUT2D eigenvalue weighted by molar-refractivity contribution is -0.128. The number of fused-ring (bicyclic) bond motifs is 3. The second-order valence-electron chi connectivity index (χ2n) is 19.1. The number of hydrogen-bond acceptors (Lipinski definition) is 15. The first-order valence-corrected chi connectivity index (χ1v) is 24.9. The van der Waals surface area contributed by atoms with E-state index < -0.39 is 54.2 Å². The number of aryl methyl sites for hydroxylation is 6. The second kappa shape index (κ2) is 28.6. The van der Waals surface area contributed by atoms with Gasteiger partial charge < -0.3 is 44.8 Å². The third kappa shape index (κ3) is 18.6. The van der Waals surface area contributed by atoms with E-state index in [-0.39, 0.29) is 70.9 Å². The highest BCUT2D eigenvalue weighted by molar-refractivity contribution is 5.96. The van der Waals surface area contributed by atoms with E-state index >= 15 is 0 Å². The van der Waals surface area contributed by atoms with Crippen molar-refractivity contribution in [3.8, 4) is 17.2 Å². The van der Waals surface area contributed by atoms with Crippen LogP contribution >= 0.6 is 0 Å². The number of aliphatic hydroxyl groups excluding tert-OH is 3. The summed E-state index contributed by atoms with van der Waals surface area (Å²) in [5.74, 6) is -2.49. The van der Waals surface area contributed by atoms with Crippen LogP contribution in [0.3, 0.4) is 0 Å². The lowest BCUT2D eigenvalue weighted by Gasteiger charge is -2.18. The maximum absolute atomic E-state index is 12.4. The van der Waals surface area contributed by atoms with Crippen LogP contribution < -0.4 is 0 Å². The van der Waals surface area contributed by atoms with Gasteiger partial charge in [-0.2, -0.15) is 0 Å². The molecule has 6 rings (SSSR count). The maximum Gasteiger partial charge on any atom is 0.342 e. The number of rotatable bonds is 0. The molecule has 0 saturated carbocycles. The summed E-state index contributed by atoms with van der Waals surface area (Å²) >= 11 is 0. The number of allylic oxidation sites excluding steroid dienone is 2. The Morgan fingerprint density at radius 2 is 0.833 bits per heavy atom. The number of ether oxygens (including phenoxy) is 3. The highest BCUT2D eigenvalue weighted by Gasteiger charge is 2.26. The molecule has 3 aliphatic rings. The van der Waals surface area contributed by atoms with Crippen LogP contribution in [0.1, 0.15) is 162 Å². The van der Waals surface area contributed by atoms with Crippen molar-refractivity contribution in [2.45, 2.75) is 174 Å². The Morgan fingerprint density at radius 1 is 0.458 bits per heavy atom. The normalized spacial score (nSPS) is 24.6. The number of esters is 3. The molecule has 6 atom stereocenters. The minimum absolute atomic E-state index is 0.0185. The number of ketones is 3. The van der Waals surface area contributed by atoms with Gasteiger partial charge in [0.1, 0.15) is 58.4 Å². The molecule has 0 bridgehead atoms. The zero-order valence-electron chi connectivity index (χ0n) is 42.4. The number of aromatic hydroxyl groups is 3. The summed E-state index contributed by atoms with van der Waals surface area (Å²) in [6, 6.07) is 10.2. The van der Waals surface area contributed by atoms with E-state index in [0.29, 0.717) is 68.9 Å². The largest absolute Gasteiger partial charge is 0.507 e. The highest BCUT2D eigenvalue weighted by Crippen LogP contribution is 2.30. The molecule has 0 aliphatic carbocycles. The van der Waals surface area contributed by atoms with E-state index in [2.05, 4.69) is 0 Å². The molecule has 0 radical (unpaired) electrons. The third-order valence-electron chi connectivity index (χ3n) is 12.3. The van der Waals surface area contributed by atoms with Crippen LogP contribution in [0.25, 0.3) is 0 Å². The van der Waals surface area contributed by atoms with Gasteiger partial charge >= 0.3 is 17.9 Å². The fourth-order valence-electron chi connectivity index (χ4n) is 8.60. The minimum atomic E-state index is -1.47. The van der Waals surface area contributed by atoms with Gasteiger partial charge in [-0.05, 0) is 169 Å². The SMILES string of the molecule is Cc1cc(O)c2c(c1)CCCCCC(=O)/C=C\C[C@H](C)OC2=O.Cc1cc(O)c2c(c1)CCC[C@H](O)CC(=O)/C=C\C[C@H](C)OC2=O.Cc1cc(O)c2c(c1)CCC[C@H](O)[C@H](O)C(=O)/C=C\C[C@H](C)OC2=O. The van der Waals surface area contributed by atoms with Gasteiger partial charge in [0.05, 0.1) is 12.2 Å². The van der Waals surface area contributed by atoms with E-state index in [0.717, 1.165) is 41.5 Å². The number of benzene rings is 3. The minimum Gasteiger partial charge on any atom is -0.507 e. The predicted molar refractivity (Wildman–Crippen MR) is 270 cm³/mol. The van der Waals surface area contributed by atoms with E-state index in [1.165, 1.54) is 24.3 Å². The number of phenols is 3. The number of carbonyl (C=O) groups is 6. The molecule has 0 aromatic heterocycles. The average molecular weight is 997 g/mol. The predicted octanol–water partition coefficient (Wildman–Crippen LogP) is 8.55. The monoisotopic (exact) mass is 996 g/mol. The van der Waals surface area contributed by atoms with Gasteiger partial charge in [0.25, 0.3) is 0 Å². The Hall–Kier alpha value is -6.42. The van der Waals surface area contributed by atoms with Crippen LogP contribution in [0.5, 0.6) is 17.2 Å². The first-order valence-electron chi connectivity index (χ1n) is 24.9. The van der Waals surface area contributed by atoms with Crippen molar-refractivity contribution in [1.82, 2.24) is 0 Å². The lowest BCUT2D eigenvalue weighted by Crippen LogP contribution is -2.33. The van der Waals surface area contributed by atoms with Crippen molar-refractivity contribution in [2.75, 3.05) is 0 Å². The number of aliphatic hydroxyl groups is 3. The number of phenolic OH excluding ortho intramolecular Hbond substituents is 3. The zero-order chi connectivity index (χ0) is 53.1. The van der Waals surface area contributed by atoms with Crippen molar-refractivity contribution in [1.29, 1.82) is 0 Å². The van der Waals surface area contributed by atoms with Crippen LogP contribution in [0.4, 0.5) is 0 Å². The molecule has 0 unspecified atom stereocenters. The van der Waals surface area contributed by atoms with Gasteiger partial charge in [0.15, 0.2) is 17.3 Å². The maximum atomic E-state index is 12.4. The second-order valence-corrected chi connectivity index (χ2v) is 19.1. The summed E-state index contributed by atoms with van der Waals surface area (Å²) in [6.07, 6.45) is 12.2. The van der Waals surface area contributed by atoms with Gasteiger partial charge in [0, 0.05) is 32.1 Å². The first-order chi connectivity index (χ1) is 34.1. The molecule has 0 fully saturated rings. The van der Waals surface area contributed by atoms with Crippen molar-refractivity contribution >= 4 is 35.3 Å². The van der Waals surface area contributed by atoms with E-state index in [1.807, 2.05) is 26.0 Å². The zero-order valence-corrected chi connectivity index (χ0v) is 42.4. The summed E-state index contributed by atoms with van der Waals surface area (Å²) < 4.78 is 16.2. The Kier molecular flexibility index (Phi) is 23.1. The molecule has 15 nitrogen and oxygen atoms in total. The van der Waals surface area contributed by atoms with Crippen LogP contribution in [0, 0.1) is 20.8 Å². The fraction of sp³-hybridized carbons (Fsp3) is 0.474. The molecular weight excluding hydrogens is 925 g/mol. The Morgan fingerprint density at radius 3 is 1.28 bits per heavy atom. The van der Waals surface area contributed by atoms with Crippen molar-refractivity contribution in [3.05, 3.63) is 123 Å². The molecule has 6 N–H and O–H groups in total. The molecule has 3 aromatic carbocycles. The van der Waals surface area contributed by atoms with Gasteiger partial charge in [0.2, 0.25) is 0 Å². The first kappa shape index (κ1) is 58.2. The smallest absolute Gasteiger partial charge is 0.342 e. The van der Waals surface area contributed by atoms with Crippen LogP contribution in [0.2, 0.25) is 0 Å². The topological polar surface area (TPSA) is 251 Å².